The number of rotatable bonds is 8. The number of benzene rings is 6. The molecule has 2 aliphatic carbocycles. The Balaban J connectivity index is 1.06. The minimum absolute atomic E-state index is 0.0185. The van der Waals surface area contributed by atoms with Gasteiger partial charge in [0.2, 0.25) is 5.95 Å². The van der Waals surface area contributed by atoms with Crippen molar-refractivity contribution in [3.05, 3.63) is 138 Å². The first-order valence-corrected chi connectivity index (χ1v) is 27.5. The summed E-state index contributed by atoms with van der Waals surface area (Å²) in [5, 5.41) is 2.03. The van der Waals surface area contributed by atoms with Gasteiger partial charge < -0.3 is 19.1 Å². The van der Waals surface area contributed by atoms with Crippen molar-refractivity contribution in [2.75, 3.05) is 16.5 Å². The molecule has 2 saturated carbocycles. The largest absolute Gasteiger partial charge is 0.457 e. The van der Waals surface area contributed by atoms with Gasteiger partial charge in [0.1, 0.15) is 18.2 Å². The van der Waals surface area contributed by atoms with Crippen LogP contribution in [0.2, 0.25) is 19.6 Å². The fraction of sp³-hybridized carbons (Fsp3) is 0.362. The lowest BCUT2D eigenvalue weighted by molar-refractivity contribution is 0.434. The lowest BCUT2D eigenvalue weighted by Crippen LogP contribution is -2.38. The van der Waals surface area contributed by atoms with Crippen molar-refractivity contribution >= 4 is 68.8 Å². The molecule has 0 saturated heterocycles. The lowest BCUT2D eigenvalue weighted by atomic mass is 9.74. The second-order valence-electron chi connectivity index (χ2n) is 21.0. The van der Waals surface area contributed by atoms with Crippen molar-refractivity contribution in [2.24, 2.45) is 6.98 Å². The average molecular weight is 883 g/mol. The fourth-order valence-corrected chi connectivity index (χ4v) is 12.2. The number of fused-ring (bicyclic) bond motifs is 5. The van der Waals surface area contributed by atoms with Crippen molar-refractivity contribution in [1.82, 2.24) is 14.1 Å². The van der Waals surface area contributed by atoms with Crippen molar-refractivity contribution in [3.63, 3.8) is 0 Å². The number of para-hydroxylation sites is 5. The van der Waals surface area contributed by atoms with E-state index in [1.807, 2.05) is 12.1 Å². The first kappa shape index (κ1) is 34.5. The Hall–Kier alpha value is -5.79. The number of aryl methyl sites for hydroxylation is 1. The zero-order valence-electron chi connectivity index (χ0n) is 45.8. The number of ether oxygens (including phenoxy) is 1. The van der Waals surface area contributed by atoms with E-state index >= 15 is 0 Å². The quantitative estimate of drug-likeness (QED) is 0.143. The molecule has 0 bridgehead atoms. The highest BCUT2D eigenvalue weighted by molar-refractivity contribution is 6.88. The highest BCUT2D eigenvalue weighted by Gasteiger charge is 2.36. The highest BCUT2D eigenvalue weighted by atomic mass is 28.3. The molecule has 0 amide bonds. The molecule has 0 N–H and O–H groups in total. The van der Waals surface area contributed by atoms with Crippen LogP contribution in [0.1, 0.15) is 123 Å². The van der Waals surface area contributed by atoms with Gasteiger partial charge in [-0.1, -0.05) is 139 Å². The van der Waals surface area contributed by atoms with Crippen molar-refractivity contribution in [1.29, 1.82) is 0 Å². The summed E-state index contributed by atoms with van der Waals surface area (Å²) in [6, 6.07) is 31.8. The molecule has 8 aromatic rings. The standard InChI is InChI=1S/C58H65N5OSi/c1-58(2,3)41-32-48(39-20-10-8-11-21-39)56(49(33-41)40-22-12-9-13-23-40)62-38-61(53-28-18-19-29-54(53)62)42-34-44(36-45(35-42)65(5,6)7)64-43-30-31-47-46-24-14-16-26-51(46)63(55(47)37-43)57-59-50-25-15-17-27-52(50)60(57)4/h14-19,24-37,39-40H,8-13,20-23,38H2,1-7H3/i4D3,14D,16D,24D,26D. The molecule has 11 rings (SSSR count). The van der Waals surface area contributed by atoms with Gasteiger partial charge in [-0.15, -0.1) is 0 Å². The molecule has 7 heteroatoms. The molecular weight excluding hydrogens is 811 g/mol. The van der Waals surface area contributed by atoms with Gasteiger partial charge in [-0.05, 0) is 114 Å². The van der Waals surface area contributed by atoms with Crippen LogP contribution < -0.4 is 19.7 Å². The monoisotopic (exact) mass is 883 g/mol. The van der Waals surface area contributed by atoms with Crippen LogP contribution in [0.15, 0.2) is 121 Å². The summed E-state index contributed by atoms with van der Waals surface area (Å²) in [7, 11) is -1.97. The van der Waals surface area contributed by atoms with Crippen LogP contribution in [0.25, 0.3) is 38.8 Å². The Bertz CT molecular complexity index is 3390. The molecule has 0 atom stereocenters. The third kappa shape index (κ3) is 7.54. The molecule has 1 aliphatic heterocycles. The second-order valence-corrected chi connectivity index (χ2v) is 26.0. The number of nitrogens with zero attached hydrogens (tertiary/aromatic N) is 5. The fourth-order valence-electron chi connectivity index (χ4n) is 11.0. The van der Waals surface area contributed by atoms with E-state index in [2.05, 4.69) is 105 Å². The van der Waals surface area contributed by atoms with E-state index in [-0.39, 0.29) is 40.4 Å². The normalized spacial score (nSPS) is 18.3. The highest BCUT2D eigenvalue weighted by Crippen LogP contribution is 2.53. The Morgan fingerprint density at radius 1 is 0.662 bits per heavy atom. The Kier molecular flexibility index (Phi) is 8.65. The minimum atomic E-state index is -2.67. The summed E-state index contributed by atoms with van der Waals surface area (Å²) >= 11 is 0. The van der Waals surface area contributed by atoms with Gasteiger partial charge in [-0.25, -0.2) is 4.98 Å². The summed E-state index contributed by atoms with van der Waals surface area (Å²) in [6.45, 7) is 12.1. The van der Waals surface area contributed by atoms with E-state index in [1.165, 1.54) is 102 Å². The predicted octanol–water partition coefficient (Wildman–Crippen LogP) is 15.6. The summed E-state index contributed by atoms with van der Waals surface area (Å²) in [4.78, 5) is 9.95. The van der Waals surface area contributed by atoms with Crippen LogP contribution in [0.5, 0.6) is 11.5 Å². The Morgan fingerprint density at radius 3 is 2.00 bits per heavy atom. The van der Waals surface area contributed by atoms with Crippen molar-refractivity contribution < 1.29 is 14.3 Å². The smallest absolute Gasteiger partial charge is 0.215 e. The van der Waals surface area contributed by atoms with E-state index in [9.17, 15) is 1.37 Å². The summed E-state index contributed by atoms with van der Waals surface area (Å²) in [5.41, 5.74) is 10.8. The number of imidazole rings is 1. The molecule has 332 valence electrons. The van der Waals surface area contributed by atoms with Crippen molar-refractivity contribution in [3.8, 4) is 17.4 Å². The lowest BCUT2D eigenvalue weighted by Gasteiger charge is -2.36. The predicted molar refractivity (Wildman–Crippen MR) is 277 cm³/mol. The van der Waals surface area contributed by atoms with Crippen LogP contribution in [0, 0.1) is 0 Å². The van der Waals surface area contributed by atoms with Crippen LogP contribution >= 0.6 is 0 Å². The molecule has 6 nitrogen and oxygen atoms in total. The van der Waals surface area contributed by atoms with Gasteiger partial charge in [0.15, 0.2) is 0 Å². The van der Waals surface area contributed by atoms with E-state index in [0.717, 1.165) is 11.4 Å². The molecule has 2 aromatic heterocycles. The topological polar surface area (TPSA) is 38.5 Å². The SMILES string of the molecule is [2H]c1c([2H])c([2H])c2c(c1[2H])c1ccc(Oc3cc(N4CN(c5c(C6CCCCC6)cc(C(C)(C)C)cc5C5CCCCC5)c5ccccc54)cc([Si](C)(C)C)c3)cc1n2-c1nc2ccccc2n1C([2H])([2H])[2H]. The van der Waals surface area contributed by atoms with Crippen molar-refractivity contribution in [2.45, 2.75) is 122 Å². The maximum absolute atomic E-state index is 9.19. The van der Waals surface area contributed by atoms with Gasteiger partial charge in [-0.2, -0.15) is 0 Å². The van der Waals surface area contributed by atoms with E-state index in [0.29, 0.717) is 51.9 Å². The molecule has 2 fully saturated rings. The molecule has 0 radical (unpaired) electrons. The number of hydrogen-bond acceptors (Lipinski definition) is 4. The number of aromatic nitrogens is 3. The number of hydrogen-bond donors (Lipinski definition) is 0. The molecule has 65 heavy (non-hydrogen) atoms. The zero-order chi connectivity index (χ0) is 50.6. The molecule has 6 aromatic carbocycles. The summed E-state index contributed by atoms with van der Waals surface area (Å²) in [5.74, 6) is 2.17. The molecule has 0 spiro atoms. The summed E-state index contributed by atoms with van der Waals surface area (Å²) in [6.07, 6.45) is 12.6. The van der Waals surface area contributed by atoms with Gasteiger partial charge in [-0.3, -0.25) is 4.57 Å². The summed E-state index contributed by atoms with van der Waals surface area (Å²) < 4.78 is 71.4. The van der Waals surface area contributed by atoms with Crippen LogP contribution in [-0.4, -0.2) is 28.9 Å². The third-order valence-corrected chi connectivity index (χ3v) is 16.6. The average Bonchev–Trinajstić information content (AvgIpc) is 4.05. The molecule has 0 unspecified atom stereocenters. The first-order chi connectivity index (χ1) is 34.3. The van der Waals surface area contributed by atoms with Crippen LogP contribution in [0.4, 0.5) is 22.7 Å². The Labute approximate surface area is 396 Å². The van der Waals surface area contributed by atoms with E-state index < -0.39 is 21.1 Å². The van der Waals surface area contributed by atoms with Gasteiger partial charge in [0.05, 0.1) is 47.0 Å². The Morgan fingerprint density at radius 2 is 1.32 bits per heavy atom. The van der Waals surface area contributed by atoms with Gasteiger partial charge >= 0.3 is 0 Å². The zero-order valence-corrected chi connectivity index (χ0v) is 39.8. The number of anilines is 4. The molecule has 3 heterocycles. The maximum Gasteiger partial charge on any atom is 0.215 e. The van der Waals surface area contributed by atoms with Gasteiger partial charge in [0.25, 0.3) is 0 Å². The second kappa shape index (κ2) is 16.3. The van der Waals surface area contributed by atoms with Gasteiger partial charge in [0, 0.05) is 45.4 Å². The third-order valence-electron chi connectivity index (χ3n) is 14.6. The van der Waals surface area contributed by atoms with Crippen LogP contribution in [-0.2, 0) is 12.4 Å². The van der Waals surface area contributed by atoms with E-state index in [1.54, 1.807) is 34.9 Å². The molecule has 3 aliphatic rings. The minimum Gasteiger partial charge on any atom is -0.457 e. The maximum atomic E-state index is 9.19. The first-order valence-electron chi connectivity index (χ1n) is 27.5. The van der Waals surface area contributed by atoms with Crippen LogP contribution in [0.3, 0.4) is 0 Å². The molecular formula is C58H65N5OSi. The van der Waals surface area contributed by atoms with E-state index in [4.69, 9.17) is 17.9 Å².